The summed E-state index contributed by atoms with van der Waals surface area (Å²) in [6.07, 6.45) is 17.5. The van der Waals surface area contributed by atoms with Gasteiger partial charge in [-0.3, -0.25) is 0 Å². The molecule has 0 bridgehead atoms. The van der Waals surface area contributed by atoms with Crippen LogP contribution in [0.1, 0.15) is 115 Å². The van der Waals surface area contributed by atoms with Gasteiger partial charge >= 0.3 is 11.9 Å². The third kappa shape index (κ3) is 13.8. The standard InChI is InChI=1S/C48H64N2O8/c1-47(49,27-23-39-19-21-43(57-39)37-15-9-17-41(31-37)53-29-25-35-11-5-3-6-12-35)33-55-45(51)46(52)56-34-48(2,50)28-24-40-20-22-44(58-40)38-16-10-18-42(32-38)54-30-26-36-13-7-4-8-14-36/h9-10,15-22,31-32,35-36H,3-8,11-14,23-30,33-34,49-50H2,1-2H3/t47-,48-/m1/s1. The molecular weight excluding hydrogens is 733 g/mol. The lowest BCUT2D eigenvalue weighted by atomic mass is 9.87. The van der Waals surface area contributed by atoms with Crippen molar-refractivity contribution in [2.75, 3.05) is 26.4 Å². The zero-order valence-corrected chi connectivity index (χ0v) is 34.6. The van der Waals surface area contributed by atoms with Gasteiger partial charge in [-0.2, -0.15) is 0 Å². The van der Waals surface area contributed by atoms with Gasteiger partial charge in [-0.1, -0.05) is 88.5 Å². The van der Waals surface area contributed by atoms with Crippen LogP contribution in [0, 0.1) is 11.8 Å². The molecule has 314 valence electrons. The van der Waals surface area contributed by atoms with Crippen LogP contribution >= 0.6 is 0 Å². The van der Waals surface area contributed by atoms with Gasteiger partial charge in [0.05, 0.1) is 13.2 Å². The predicted octanol–water partition coefficient (Wildman–Crippen LogP) is 9.99. The third-order valence-electron chi connectivity index (χ3n) is 11.7. The second-order valence-electron chi connectivity index (χ2n) is 17.3. The molecule has 2 aliphatic carbocycles. The van der Waals surface area contributed by atoms with Gasteiger partial charge in [0.1, 0.15) is 47.8 Å². The van der Waals surface area contributed by atoms with Crippen molar-refractivity contribution in [3.05, 3.63) is 84.3 Å². The smallest absolute Gasteiger partial charge is 0.417 e. The number of ether oxygens (including phenoxy) is 4. The van der Waals surface area contributed by atoms with Crippen LogP contribution in [0.3, 0.4) is 0 Å². The quantitative estimate of drug-likeness (QED) is 0.0654. The number of furan rings is 2. The summed E-state index contributed by atoms with van der Waals surface area (Å²) in [5.74, 6) is 4.01. The first kappa shape index (κ1) is 43.0. The number of esters is 2. The lowest BCUT2D eigenvalue weighted by molar-refractivity contribution is -0.169. The summed E-state index contributed by atoms with van der Waals surface area (Å²) in [6.45, 7) is 4.66. The Morgan fingerprint density at radius 2 is 1.02 bits per heavy atom. The molecule has 0 spiro atoms. The zero-order chi connectivity index (χ0) is 40.8. The summed E-state index contributed by atoms with van der Waals surface area (Å²) in [5.41, 5.74) is 13.0. The van der Waals surface area contributed by atoms with Gasteiger partial charge in [-0.15, -0.1) is 0 Å². The molecule has 10 heteroatoms. The van der Waals surface area contributed by atoms with E-state index in [9.17, 15) is 9.59 Å². The highest BCUT2D eigenvalue weighted by Crippen LogP contribution is 2.31. The largest absolute Gasteiger partial charge is 0.494 e. The van der Waals surface area contributed by atoms with Crippen LogP contribution in [-0.2, 0) is 31.9 Å². The molecule has 2 heterocycles. The van der Waals surface area contributed by atoms with Crippen LogP contribution in [0.15, 0.2) is 81.6 Å². The Hall–Kier alpha value is -4.54. The number of carbonyl (C=O) groups is 2. The maximum Gasteiger partial charge on any atom is 0.417 e. The van der Waals surface area contributed by atoms with Gasteiger partial charge in [0, 0.05) is 35.0 Å². The molecule has 6 rings (SSSR count). The first-order valence-corrected chi connectivity index (χ1v) is 21.6. The number of hydrogen-bond acceptors (Lipinski definition) is 10. The molecule has 2 aromatic carbocycles. The Labute approximate surface area is 344 Å². The molecule has 2 aliphatic rings. The van der Waals surface area contributed by atoms with Gasteiger partial charge in [0.25, 0.3) is 0 Å². The molecule has 0 unspecified atom stereocenters. The van der Waals surface area contributed by atoms with Crippen molar-refractivity contribution >= 4 is 11.9 Å². The monoisotopic (exact) mass is 796 g/mol. The van der Waals surface area contributed by atoms with E-state index in [4.69, 9.17) is 39.2 Å². The second-order valence-corrected chi connectivity index (χ2v) is 17.3. The summed E-state index contributed by atoms with van der Waals surface area (Å²) in [7, 11) is 0. The number of rotatable bonds is 20. The normalized spacial score (nSPS) is 17.2. The van der Waals surface area contributed by atoms with E-state index in [-0.39, 0.29) is 13.2 Å². The lowest BCUT2D eigenvalue weighted by Crippen LogP contribution is -2.45. The Balaban J connectivity index is 0.873. The summed E-state index contributed by atoms with van der Waals surface area (Å²) in [6, 6.07) is 23.6. The van der Waals surface area contributed by atoms with Crippen molar-refractivity contribution in [2.24, 2.45) is 23.3 Å². The summed E-state index contributed by atoms with van der Waals surface area (Å²) in [4.78, 5) is 25.1. The lowest BCUT2D eigenvalue weighted by Gasteiger charge is -2.25. The fourth-order valence-electron chi connectivity index (χ4n) is 7.99. The molecule has 0 radical (unpaired) electrons. The van der Waals surface area contributed by atoms with Gasteiger partial charge < -0.3 is 39.2 Å². The minimum Gasteiger partial charge on any atom is -0.494 e. The van der Waals surface area contributed by atoms with Gasteiger partial charge in [0.2, 0.25) is 0 Å². The van der Waals surface area contributed by atoms with E-state index >= 15 is 0 Å². The van der Waals surface area contributed by atoms with Crippen molar-refractivity contribution in [3.8, 4) is 34.1 Å². The van der Waals surface area contributed by atoms with Gasteiger partial charge in [0.15, 0.2) is 0 Å². The number of benzene rings is 2. The molecule has 0 saturated heterocycles. The summed E-state index contributed by atoms with van der Waals surface area (Å²) in [5, 5.41) is 0. The zero-order valence-electron chi connectivity index (χ0n) is 34.6. The van der Waals surface area contributed by atoms with Crippen LogP contribution < -0.4 is 20.9 Å². The first-order valence-electron chi connectivity index (χ1n) is 21.6. The van der Waals surface area contributed by atoms with E-state index < -0.39 is 23.0 Å². The maximum atomic E-state index is 12.5. The van der Waals surface area contributed by atoms with E-state index in [0.29, 0.717) is 25.7 Å². The Bertz CT molecular complexity index is 1750. The second kappa shape index (κ2) is 20.9. The highest BCUT2D eigenvalue weighted by Gasteiger charge is 2.28. The van der Waals surface area contributed by atoms with Crippen LogP contribution in [-0.4, -0.2) is 49.4 Å². The molecule has 2 fully saturated rings. The van der Waals surface area contributed by atoms with Crippen LogP contribution in [0.25, 0.3) is 22.6 Å². The van der Waals surface area contributed by atoms with E-state index in [0.717, 1.165) is 83.6 Å². The van der Waals surface area contributed by atoms with E-state index in [1.54, 1.807) is 13.8 Å². The highest BCUT2D eigenvalue weighted by molar-refractivity contribution is 6.29. The Kier molecular flexibility index (Phi) is 15.5. The highest BCUT2D eigenvalue weighted by atomic mass is 16.6. The molecule has 0 amide bonds. The molecule has 2 atom stereocenters. The molecular formula is C48H64N2O8. The average molecular weight is 797 g/mol. The number of hydrogen-bond donors (Lipinski definition) is 2. The molecule has 10 nitrogen and oxygen atoms in total. The average Bonchev–Trinajstić information content (AvgIpc) is 3.93. The van der Waals surface area contributed by atoms with Crippen LogP contribution in [0.4, 0.5) is 0 Å². The predicted molar refractivity (Wildman–Crippen MR) is 225 cm³/mol. The van der Waals surface area contributed by atoms with E-state index in [1.807, 2.05) is 72.8 Å². The Morgan fingerprint density at radius 3 is 1.43 bits per heavy atom. The van der Waals surface area contributed by atoms with Crippen LogP contribution in [0.5, 0.6) is 11.5 Å². The summed E-state index contributed by atoms with van der Waals surface area (Å²) < 4.78 is 35.0. The molecule has 4 N–H and O–H groups in total. The topological polar surface area (TPSA) is 149 Å². The minimum atomic E-state index is -1.11. The fraction of sp³-hybridized carbons (Fsp3) is 0.542. The maximum absolute atomic E-state index is 12.5. The van der Waals surface area contributed by atoms with Crippen molar-refractivity contribution in [3.63, 3.8) is 0 Å². The first-order chi connectivity index (χ1) is 28.0. The van der Waals surface area contributed by atoms with Crippen molar-refractivity contribution in [2.45, 2.75) is 128 Å². The molecule has 2 saturated carbocycles. The van der Waals surface area contributed by atoms with Gasteiger partial charge in [-0.25, -0.2) is 9.59 Å². The van der Waals surface area contributed by atoms with Crippen molar-refractivity contribution in [1.82, 2.24) is 0 Å². The van der Waals surface area contributed by atoms with Crippen LogP contribution in [0.2, 0.25) is 0 Å². The number of aryl methyl sites for hydroxylation is 2. The number of carbonyl (C=O) groups excluding carboxylic acids is 2. The molecule has 58 heavy (non-hydrogen) atoms. The van der Waals surface area contributed by atoms with Gasteiger partial charge in [-0.05, 0) is 99.9 Å². The summed E-state index contributed by atoms with van der Waals surface area (Å²) >= 11 is 0. The van der Waals surface area contributed by atoms with Crippen molar-refractivity contribution in [1.29, 1.82) is 0 Å². The number of nitrogens with two attached hydrogens (primary N) is 2. The molecule has 2 aromatic heterocycles. The van der Waals surface area contributed by atoms with Crippen molar-refractivity contribution < 1.29 is 37.4 Å². The van der Waals surface area contributed by atoms with E-state index in [2.05, 4.69) is 0 Å². The fourth-order valence-corrected chi connectivity index (χ4v) is 7.99. The molecule has 0 aliphatic heterocycles. The Morgan fingerprint density at radius 1 is 0.603 bits per heavy atom. The minimum absolute atomic E-state index is 0.162. The third-order valence-corrected chi connectivity index (χ3v) is 11.7. The SMILES string of the molecule is C[C@@](N)(CCc1ccc(-c2cccc(OCCC3CCCCC3)c2)o1)COC(=O)C(=O)OC[C@](C)(N)CCc1ccc(-c2cccc(OCCC3CCCCC3)c2)o1. The van der Waals surface area contributed by atoms with E-state index in [1.165, 1.54) is 64.2 Å². The molecule has 4 aromatic rings.